The number of nitrogens with zero attached hydrogens (tertiary/aromatic N) is 2. The summed E-state index contributed by atoms with van der Waals surface area (Å²) in [5.74, 6) is 1.03. The molecule has 3 aromatic rings. The number of para-hydroxylation sites is 1. The van der Waals surface area contributed by atoms with E-state index in [0.29, 0.717) is 23.8 Å². The Bertz CT molecular complexity index is 849. The Balaban J connectivity index is 2.16. The number of nitrogens with one attached hydrogen (secondary N) is 1. The molecule has 6 nitrogen and oxygen atoms in total. The van der Waals surface area contributed by atoms with E-state index >= 15 is 0 Å². The minimum Gasteiger partial charge on any atom is -0.508 e. The minimum atomic E-state index is -0.0265. The van der Waals surface area contributed by atoms with Crippen molar-refractivity contribution in [2.24, 2.45) is 5.73 Å². The van der Waals surface area contributed by atoms with Crippen LogP contribution in [0.2, 0.25) is 0 Å². The van der Waals surface area contributed by atoms with E-state index in [0.717, 1.165) is 10.9 Å². The van der Waals surface area contributed by atoms with Gasteiger partial charge in [-0.15, -0.1) is 0 Å². The molecule has 3 rings (SSSR count). The second-order valence-corrected chi connectivity index (χ2v) is 5.47. The average molecular weight is 310 g/mol. The Hall–Kier alpha value is -2.86. The van der Waals surface area contributed by atoms with Crippen molar-refractivity contribution >= 4 is 16.7 Å². The number of phenols is 2. The fraction of sp³-hybridized carbons (Fsp3) is 0.176. The van der Waals surface area contributed by atoms with Crippen LogP contribution in [0.3, 0.4) is 0 Å². The highest BCUT2D eigenvalue weighted by Gasteiger charge is 2.13. The van der Waals surface area contributed by atoms with Gasteiger partial charge in [-0.05, 0) is 37.3 Å². The van der Waals surface area contributed by atoms with Crippen LogP contribution in [-0.4, -0.2) is 32.8 Å². The van der Waals surface area contributed by atoms with E-state index < -0.39 is 0 Å². The largest absolute Gasteiger partial charge is 0.508 e. The molecule has 0 saturated heterocycles. The summed E-state index contributed by atoms with van der Waals surface area (Å²) in [6.07, 6.45) is 0. The summed E-state index contributed by atoms with van der Waals surface area (Å²) in [6.45, 7) is 2.46. The number of benzene rings is 2. The number of aromatic nitrogens is 2. The summed E-state index contributed by atoms with van der Waals surface area (Å²) in [4.78, 5) is 8.98. The summed E-state index contributed by atoms with van der Waals surface area (Å²) < 4.78 is 0. The lowest BCUT2D eigenvalue weighted by Gasteiger charge is -2.13. The molecule has 2 aromatic carbocycles. The maximum absolute atomic E-state index is 10.0. The van der Waals surface area contributed by atoms with E-state index in [-0.39, 0.29) is 17.5 Å². The topological polar surface area (TPSA) is 104 Å². The lowest BCUT2D eigenvalue weighted by Crippen LogP contribution is -2.25. The van der Waals surface area contributed by atoms with Gasteiger partial charge in [-0.3, -0.25) is 0 Å². The number of rotatable bonds is 4. The van der Waals surface area contributed by atoms with Gasteiger partial charge < -0.3 is 21.3 Å². The van der Waals surface area contributed by atoms with Gasteiger partial charge in [0.15, 0.2) is 5.82 Å². The normalized spacial score (nSPS) is 12.3. The van der Waals surface area contributed by atoms with Crippen molar-refractivity contribution in [2.75, 3.05) is 11.9 Å². The Morgan fingerprint density at radius 3 is 2.70 bits per heavy atom. The SMILES string of the molecule is C[C@@H](N)CNc1nc(-c2cc(O)ccc2O)nc2ccccc12. The van der Waals surface area contributed by atoms with Gasteiger partial charge in [0.2, 0.25) is 0 Å². The van der Waals surface area contributed by atoms with E-state index in [1.54, 1.807) is 0 Å². The van der Waals surface area contributed by atoms with Crippen molar-refractivity contribution in [1.29, 1.82) is 0 Å². The summed E-state index contributed by atoms with van der Waals surface area (Å²) in [5, 5.41) is 23.8. The highest BCUT2D eigenvalue weighted by atomic mass is 16.3. The molecule has 1 aromatic heterocycles. The monoisotopic (exact) mass is 310 g/mol. The molecule has 0 unspecified atom stereocenters. The van der Waals surface area contributed by atoms with Crippen molar-refractivity contribution < 1.29 is 10.2 Å². The predicted molar refractivity (Wildman–Crippen MR) is 90.4 cm³/mol. The number of anilines is 1. The Labute approximate surface area is 133 Å². The fourth-order valence-corrected chi connectivity index (χ4v) is 2.29. The second-order valence-electron chi connectivity index (χ2n) is 5.47. The maximum Gasteiger partial charge on any atom is 0.166 e. The number of hydrogen-bond donors (Lipinski definition) is 4. The zero-order chi connectivity index (χ0) is 16.4. The minimum absolute atomic E-state index is 0.0104. The molecule has 0 aliphatic carbocycles. The van der Waals surface area contributed by atoms with E-state index in [1.165, 1.54) is 18.2 Å². The fourth-order valence-electron chi connectivity index (χ4n) is 2.29. The van der Waals surface area contributed by atoms with E-state index in [1.807, 2.05) is 31.2 Å². The first-order valence-electron chi connectivity index (χ1n) is 7.33. The number of nitrogens with two attached hydrogens (primary N) is 1. The molecule has 23 heavy (non-hydrogen) atoms. The van der Waals surface area contributed by atoms with E-state index in [4.69, 9.17) is 5.73 Å². The molecule has 0 fully saturated rings. The van der Waals surface area contributed by atoms with Gasteiger partial charge in [0.05, 0.1) is 11.1 Å². The van der Waals surface area contributed by atoms with Gasteiger partial charge >= 0.3 is 0 Å². The molecule has 0 amide bonds. The zero-order valence-electron chi connectivity index (χ0n) is 12.7. The zero-order valence-corrected chi connectivity index (χ0v) is 12.7. The van der Waals surface area contributed by atoms with Crippen LogP contribution in [-0.2, 0) is 0 Å². The number of fused-ring (bicyclic) bond motifs is 1. The second kappa shape index (κ2) is 6.10. The smallest absolute Gasteiger partial charge is 0.166 e. The van der Waals surface area contributed by atoms with Crippen LogP contribution in [0.5, 0.6) is 11.5 Å². The molecule has 5 N–H and O–H groups in total. The van der Waals surface area contributed by atoms with Crippen molar-refractivity contribution in [3.05, 3.63) is 42.5 Å². The molecular formula is C17H18N4O2. The quantitative estimate of drug-likeness (QED) is 0.552. The first-order chi connectivity index (χ1) is 11.0. The van der Waals surface area contributed by atoms with Crippen LogP contribution in [0.25, 0.3) is 22.3 Å². The van der Waals surface area contributed by atoms with Crippen molar-refractivity contribution in [3.8, 4) is 22.9 Å². The molecule has 118 valence electrons. The van der Waals surface area contributed by atoms with Crippen molar-refractivity contribution in [1.82, 2.24) is 9.97 Å². The first-order valence-corrected chi connectivity index (χ1v) is 7.33. The summed E-state index contributed by atoms with van der Waals surface area (Å²) >= 11 is 0. The lowest BCUT2D eigenvalue weighted by molar-refractivity contribution is 0.461. The molecule has 0 aliphatic rings. The Morgan fingerprint density at radius 2 is 1.91 bits per heavy atom. The predicted octanol–water partition coefficient (Wildman–Crippen LogP) is 2.47. The van der Waals surface area contributed by atoms with Crippen LogP contribution >= 0.6 is 0 Å². The van der Waals surface area contributed by atoms with Crippen LogP contribution in [0.15, 0.2) is 42.5 Å². The molecule has 0 bridgehead atoms. The van der Waals surface area contributed by atoms with Gasteiger partial charge in [0.25, 0.3) is 0 Å². The standard InChI is InChI=1S/C17H18N4O2/c1-10(18)9-19-16-12-4-2-3-5-14(12)20-17(21-16)13-8-11(22)6-7-15(13)23/h2-8,10,22-23H,9,18H2,1H3,(H,19,20,21)/t10-/m1/s1. The maximum atomic E-state index is 10.0. The highest BCUT2D eigenvalue weighted by molar-refractivity contribution is 5.91. The van der Waals surface area contributed by atoms with Gasteiger partial charge in [-0.1, -0.05) is 12.1 Å². The summed E-state index contributed by atoms with van der Waals surface area (Å²) in [5.41, 5.74) is 6.92. The van der Waals surface area contributed by atoms with E-state index in [2.05, 4.69) is 15.3 Å². The molecule has 1 atom stereocenters. The van der Waals surface area contributed by atoms with Crippen molar-refractivity contribution in [3.63, 3.8) is 0 Å². The molecule has 0 spiro atoms. The lowest BCUT2D eigenvalue weighted by atomic mass is 10.1. The van der Waals surface area contributed by atoms with Gasteiger partial charge in [0, 0.05) is 18.0 Å². The van der Waals surface area contributed by atoms with Crippen LogP contribution in [0.4, 0.5) is 5.82 Å². The Kier molecular flexibility index (Phi) is 3.99. The Morgan fingerprint density at radius 1 is 1.13 bits per heavy atom. The van der Waals surface area contributed by atoms with Crippen LogP contribution in [0.1, 0.15) is 6.92 Å². The molecule has 0 radical (unpaired) electrons. The first kappa shape index (κ1) is 15.1. The molecule has 0 saturated carbocycles. The molecule has 1 heterocycles. The van der Waals surface area contributed by atoms with Gasteiger partial charge in [-0.25, -0.2) is 9.97 Å². The van der Waals surface area contributed by atoms with Crippen LogP contribution < -0.4 is 11.1 Å². The molecule has 0 aliphatic heterocycles. The third-order valence-corrected chi connectivity index (χ3v) is 3.42. The number of phenolic OH excluding ortho intramolecular Hbond substituents is 2. The van der Waals surface area contributed by atoms with E-state index in [9.17, 15) is 10.2 Å². The molecular weight excluding hydrogens is 292 g/mol. The van der Waals surface area contributed by atoms with Gasteiger partial charge in [0.1, 0.15) is 17.3 Å². The third kappa shape index (κ3) is 3.17. The summed E-state index contributed by atoms with van der Waals surface area (Å²) in [7, 11) is 0. The highest BCUT2D eigenvalue weighted by Crippen LogP contribution is 2.32. The average Bonchev–Trinajstić information content (AvgIpc) is 2.54. The van der Waals surface area contributed by atoms with Crippen molar-refractivity contribution in [2.45, 2.75) is 13.0 Å². The molecule has 6 heteroatoms. The summed E-state index contributed by atoms with van der Waals surface area (Å²) in [6, 6.07) is 11.8. The van der Waals surface area contributed by atoms with Gasteiger partial charge in [-0.2, -0.15) is 0 Å². The number of hydrogen-bond acceptors (Lipinski definition) is 6. The number of aromatic hydroxyl groups is 2. The van der Waals surface area contributed by atoms with Crippen LogP contribution in [0, 0.1) is 0 Å². The third-order valence-electron chi connectivity index (χ3n) is 3.42.